The van der Waals surface area contributed by atoms with Crippen LogP contribution in [0.15, 0.2) is 0 Å². The molecule has 0 spiro atoms. The minimum atomic E-state index is -0.445. The quantitative estimate of drug-likeness (QED) is 0.562. The zero-order valence-corrected chi connectivity index (χ0v) is 17.9. The van der Waals surface area contributed by atoms with Crippen molar-refractivity contribution >= 4 is 23.6 Å². The molecule has 4 aliphatic carbocycles. The predicted molar refractivity (Wildman–Crippen MR) is 110 cm³/mol. The molecule has 166 valence electrons. The lowest BCUT2D eigenvalue weighted by atomic mass is 9.49. The summed E-state index contributed by atoms with van der Waals surface area (Å²) >= 11 is 0. The minimum Gasteiger partial charge on any atom is -0.357 e. The summed E-state index contributed by atoms with van der Waals surface area (Å²) in [5.41, 5.74) is -0.203. The molecule has 0 aromatic carbocycles. The summed E-state index contributed by atoms with van der Waals surface area (Å²) < 4.78 is 0. The van der Waals surface area contributed by atoms with Crippen molar-refractivity contribution in [2.45, 2.75) is 63.8 Å². The first-order valence-corrected chi connectivity index (χ1v) is 11.5. The molecule has 3 N–H and O–H groups in total. The van der Waals surface area contributed by atoms with Gasteiger partial charge in [-0.05, 0) is 69.1 Å². The lowest BCUT2D eigenvalue weighted by Gasteiger charge is -2.55. The molecule has 5 fully saturated rings. The number of nitrogens with one attached hydrogen (secondary N) is 3. The van der Waals surface area contributed by atoms with E-state index in [1.165, 1.54) is 24.2 Å². The molecule has 5 rings (SSSR count). The second kappa shape index (κ2) is 8.55. The summed E-state index contributed by atoms with van der Waals surface area (Å²) in [6, 6.07) is -0.445. The van der Waals surface area contributed by atoms with Crippen molar-refractivity contribution in [3.05, 3.63) is 0 Å². The van der Waals surface area contributed by atoms with E-state index in [2.05, 4.69) is 16.0 Å². The Morgan fingerprint density at radius 2 is 1.60 bits per heavy atom. The lowest BCUT2D eigenvalue weighted by Crippen LogP contribution is -2.54. The first kappa shape index (κ1) is 21.1. The van der Waals surface area contributed by atoms with Crippen molar-refractivity contribution in [2.75, 3.05) is 26.7 Å². The van der Waals surface area contributed by atoms with E-state index in [0.717, 1.165) is 25.7 Å². The van der Waals surface area contributed by atoms with Gasteiger partial charge < -0.3 is 20.9 Å². The Labute approximate surface area is 177 Å². The number of amides is 4. The Morgan fingerprint density at radius 3 is 2.20 bits per heavy atom. The van der Waals surface area contributed by atoms with Gasteiger partial charge in [0.05, 0.1) is 6.54 Å². The highest BCUT2D eigenvalue weighted by molar-refractivity contribution is 5.90. The average Bonchev–Trinajstić information content (AvgIpc) is 3.20. The molecular formula is C22H34N4O4. The van der Waals surface area contributed by atoms with Crippen molar-refractivity contribution in [1.82, 2.24) is 20.9 Å². The van der Waals surface area contributed by atoms with Crippen molar-refractivity contribution < 1.29 is 19.2 Å². The van der Waals surface area contributed by atoms with E-state index < -0.39 is 6.04 Å². The Morgan fingerprint density at radius 1 is 0.967 bits per heavy atom. The Kier molecular flexibility index (Phi) is 6.02. The smallest absolute Gasteiger partial charge is 0.242 e. The van der Waals surface area contributed by atoms with Crippen LogP contribution in [0.1, 0.15) is 57.8 Å². The standard InChI is InChI=1S/C22H34N4O4/c1-23-20(29)17-3-2-6-26(17)19(28)13-25-18(27)4-5-24-21(30)22-10-14-7-15(11-22)9-16(8-14)12-22/h14-17H,2-13H2,1H3,(H,23,29)(H,24,30)(H,25,27). The summed E-state index contributed by atoms with van der Waals surface area (Å²) in [5.74, 6) is 1.58. The monoisotopic (exact) mass is 418 g/mol. The SMILES string of the molecule is CNC(=O)C1CCCN1C(=O)CNC(=O)CCNC(=O)C12CC3CC(CC(C3)C1)C2. The van der Waals surface area contributed by atoms with Crippen LogP contribution in [-0.2, 0) is 19.2 Å². The number of rotatable bonds is 7. The van der Waals surface area contributed by atoms with E-state index in [-0.39, 0.29) is 42.0 Å². The van der Waals surface area contributed by atoms with Gasteiger partial charge in [0, 0.05) is 32.0 Å². The molecule has 4 saturated carbocycles. The van der Waals surface area contributed by atoms with Crippen LogP contribution in [-0.4, -0.2) is 61.3 Å². The van der Waals surface area contributed by atoms with Crippen LogP contribution in [0.3, 0.4) is 0 Å². The molecule has 0 aromatic heterocycles. The zero-order chi connectivity index (χ0) is 21.3. The number of nitrogens with zero attached hydrogens (tertiary/aromatic N) is 1. The molecular weight excluding hydrogens is 384 g/mol. The van der Waals surface area contributed by atoms with E-state index >= 15 is 0 Å². The fourth-order valence-electron chi connectivity index (χ4n) is 6.73. The third-order valence-corrected chi connectivity index (χ3v) is 7.72. The number of hydrogen-bond acceptors (Lipinski definition) is 4. The highest BCUT2D eigenvalue weighted by Gasteiger charge is 2.54. The summed E-state index contributed by atoms with van der Waals surface area (Å²) in [6.45, 7) is 0.717. The number of likely N-dealkylation sites (tertiary alicyclic amines) is 1. The van der Waals surface area contributed by atoms with Crippen LogP contribution in [0.5, 0.6) is 0 Å². The van der Waals surface area contributed by atoms with Gasteiger partial charge >= 0.3 is 0 Å². The molecule has 1 saturated heterocycles. The Hall–Kier alpha value is -2.12. The third-order valence-electron chi connectivity index (χ3n) is 7.72. The van der Waals surface area contributed by atoms with E-state index in [1.807, 2.05) is 0 Å². The van der Waals surface area contributed by atoms with E-state index in [9.17, 15) is 19.2 Å². The second-order valence-corrected chi connectivity index (χ2v) is 9.84. The zero-order valence-electron chi connectivity index (χ0n) is 17.9. The molecule has 0 aromatic rings. The van der Waals surface area contributed by atoms with E-state index in [1.54, 1.807) is 7.05 Å². The van der Waals surface area contributed by atoms with Gasteiger partial charge in [-0.25, -0.2) is 0 Å². The van der Waals surface area contributed by atoms with Crippen molar-refractivity contribution in [3.63, 3.8) is 0 Å². The van der Waals surface area contributed by atoms with Crippen molar-refractivity contribution in [1.29, 1.82) is 0 Å². The molecule has 1 atom stereocenters. The summed E-state index contributed by atoms with van der Waals surface area (Å²) in [7, 11) is 1.56. The number of likely N-dealkylation sites (N-methyl/N-ethyl adjacent to an activating group) is 1. The number of hydrogen-bond donors (Lipinski definition) is 3. The highest BCUT2D eigenvalue weighted by atomic mass is 16.2. The van der Waals surface area contributed by atoms with Crippen LogP contribution < -0.4 is 16.0 Å². The van der Waals surface area contributed by atoms with Gasteiger partial charge in [-0.2, -0.15) is 0 Å². The molecule has 8 heteroatoms. The fourth-order valence-corrected chi connectivity index (χ4v) is 6.73. The fraction of sp³-hybridized carbons (Fsp3) is 0.818. The molecule has 4 bridgehead atoms. The molecule has 1 unspecified atom stereocenters. The molecule has 5 aliphatic rings. The number of carbonyl (C=O) groups excluding carboxylic acids is 4. The van der Waals surface area contributed by atoms with Crippen LogP contribution >= 0.6 is 0 Å². The van der Waals surface area contributed by atoms with Gasteiger partial charge in [-0.1, -0.05) is 0 Å². The molecule has 8 nitrogen and oxygen atoms in total. The highest BCUT2D eigenvalue weighted by Crippen LogP contribution is 2.60. The first-order valence-electron chi connectivity index (χ1n) is 11.5. The number of carbonyl (C=O) groups is 4. The predicted octanol–water partition coefficient (Wildman–Crippen LogP) is 0.562. The van der Waals surface area contributed by atoms with Gasteiger partial charge in [-0.15, -0.1) is 0 Å². The first-order chi connectivity index (χ1) is 14.4. The van der Waals surface area contributed by atoms with E-state index in [4.69, 9.17) is 0 Å². The molecule has 1 aliphatic heterocycles. The van der Waals surface area contributed by atoms with Gasteiger partial charge in [-0.3, -0.25) is 19.2 Å². The van der Waals surface area contributed by atoms with Crippen LogP contribution in [0, 0.1) is 23.2 Å². The molecule has 0 radical (unpaired) electrons. The van der Waals surface area contributed by atoms with Gasteiger partial charge in [0.2, 0.25) is 23.6 Å². The maximum Gasteiger partial charge on any atom is 0.242 e. The maximum atomic E-state index is 12.9. The molecule has 1 heterocycles. The summed E-state index contributed by atoms with van der Waals surface area (Å²) in [4.78, 5) is 50.8. The normalized spacial score (nSPS) is 34.0. The summed E-state index contributed by atoms with van der Waals surface area (Å²) in [5, 5.41) is 8.21. The molecule has 4 amide bonds. The maximum absolute atomic E-state index is 12.9. The molecule has 30 heavy (non-hydrogen) atoms. The van der Waals surface area contributed by atoms with Crippen molar-refractivity contribution in [2.24, 2.45) is 23.2 Å². The Bertz CT molecular complexity index is 687. The van der Waals surface area contributed by atoms with Crippen LogP contribution in [0.2, 0.25) is 0 Å². The summed E-state index contributed by atoms with van der Waals surface area (Å²) in [6.07, 6.45) is 8.49. The topological polar surface area (TPSA) is 108 Å². The van der Waals surface area contributed by atoms with E-state index in [0.29, 0.717) is 37.3 Å². The van der Waals surface area contributed by atoms with Gasteiger partial charge in [0.15, 0.2) is 0 Å². The second-order valence-electron chi connectivity index (χ2n) is 9.84. The van der Waals surface area contributed by atoms with Crippen LogP contribution in [0.25, 0.3) is 0 Å². The van der Waals surface area contributed by atoms with Crippen molar-refractivity contribution in [3.8, 4) is 0 Å². The van der Waals surface area contributed by atoms with Gasteiger partial charge in [0.25, 0.3) is 0 Å². The average molecular weight is 419 g/mol. The lowest BCUT2D eigenvalue weighted by molar-refractivity contribution is -0.146. The van der Waals surface area contributed by atoms with Crippen LogP contribution in [0.4, 0.5) is 0 Å². The Balaban J connectivity index is 1.18. The minimum absolute atomic E-state index is 0.116. The largest absolute Gasteiger partial charge is 0.357 e. The van der Waals surface area contributed by atoms with Gasteiger partial charge in [0.1, 0.15) is 6.04 Å². The third kappa shape index (κ3) is 4.18.